The summed E-state index contributed by atoms with van der Waals surface area (Å²) in [5.41, 5.74) is -3.24. The molecule has 80 valence electrons. The zero-order valence-electron chi connectivity index (χ0n) is 7.51. The summed E-state index contributed by atoms with van der Waals surface area (Å²) in [7, 11) is 0. The van der Waals surface area contributed by atoms with Gasteiger partial charge in [0.05, 0.1) is 10.5 Å². The molecule has 1 aromatic rings. The summed E-state index contributed by atoms with van der Waals surface area (Å²) in [6, 6.07) is 2.68. The van der Waals surface area contributed by atoms with Crippen LogP contribution < -0.4 is 4.74 Å². The molecule has 0 aliphatic carbocycles. The van der Waals surface area contributed by atoms with E-state index in [1.165, 1.54) is 19.1 Å². The van der Waals surface area contributed by atoms with E-state index in [1.54, 1.807) is 0 Å². The van der Waals surface area contributed by atoms with Crippen molar-refractivity contribution < 1.29 is 18.3 Å². The first-order chi connectivity index (χ1) is 6.89. The predicted octanol–water partition coefficient (Wildman–Crippen LogP) is 3.58. The number of fused-ring (bicyclic) bond motifs is 1. The van der Waals surface area contributed by atoms with Crippen molar-refractivity contribution in [2.45, 2.75) is 17.3 Å². The highest BCUT2D eigenvalue weighted by Gasteiger charge is 2.43. The maximum absolute atomic E-state index is 12.9. The van der Waals surface area contributed by atoms with Gasteiger partial charge in [-0.2, -0.15) is 8.78 Å². The number of alkyl halides is 2. The summed E-state index contributed by atoms with van der Waals surface area (Å²) >= 11 is 5.95. The van der Waals surface area contributed by atoms with Gasteiger partial charge in [-0.05, 0) is 30.8 Å². The molecule has 1 aliphatic heterocycles. The number of rotatable bonds is 1. The fourth-order valence-electron chi connectivity index (χ4n) is 1.28. The van der Waals surface area contributed by atoms with Crippen LogP contribution in [0.15, 0.2) is 17.0 Å². The lowest BCUT2D eigenvalue weighted by atomic mass is 10.1. The van der Waals surface area contributed by atoms with Gasteiger partial charge in [-0.25, -0.2) is 0 Å². The van der Waals surface area contributed by atoms with Crippen LogP contribution in [0.1, 0.15) is 17.3 Å². The van der Waals surface area contributed by atoms with Crippen LogP contribution in [0.25, 0.3) is 0 Å². The quantitative estimate of drug-likeness (QED) is 0.713. The van der Waals surface area contributed by atoms with Gasteiger partial charge in [-0.15, -0.1) is 0 Å². The lowest BCUT2D eigenvalue weighted by Crippen LogP contribution is -2.14. The Bertz CT molecular complexity index is 448. The highest BCUT2D eigenvalue weighted by atomic mass is 35.5. The van der Waals surface area contributed by atoms with E-state index in [0.29, 0.717) is 0 Å². The lowest BCUT2D eigenvalue weighted by Gasteiger charge is -2.07. The minimum Gasteiger partial charge on any atom is -0.422 e. The molecule has 0 radical (unpaired) electrons. The molecule has 0 amide bonds. The van der Waals surface area contributed by atoms with Gasteiger partial charge in [-0.1, -0.05) is 11.6 Å². The minimum absolute atomic E-state index is 0.0816. The van der Waals surface area contributed by atoms with Gasteiger partial charge in [0.1, 0.15) is 0 Å². The number of hydrogen-bond donors (Lipinski definition) is 0. The van der Waals surface area contributed by atoms with E-state index < -0.39 is 5.44 Å². The maximum Gasteiger partial charge on any atom is 0.457 e. The molecule has 15 heavy (non-hydrogen) atoms. The molecule has 0 N–H and O–H groups in total. The molecule has 6 heteroatoms. The Morgan fingerprint density at radius 2 is 2.20 bits per heavy atom. The number of benzene rings is 1. The van der Waals surface area contributed by atoms with Crippen molar-refractivity contribution in [1.82, 2.24) is 0 Å². The molecule has 0 atom stereocenters. The van der Waals surface area contributed by atoms with Gasteiger partial charge in [0, 0.05) is 5.02 Å². The monoisotopic (exact) mass is 250 g/mol. The third kappa shape index (κ3) is 1.94. The summed E-state index contributed by atoms with van der Waals surface area (Å²) in [5.74, 6) is -0.436. The first kappa shape index (κ1) is 10.7. The Kier molecular flexibility index (Phi) is 2.39. The second kappa shape index (κ2) is 3.35. The Labute approximate surface area is 93.6 Å². The average Bonchev–Trinajstić information content (AvgIpc) is 2.36. The molecule has 2 nitrogen and oxygen atoms in total. The molecule has 1 aromatic carbocycles. The largest absolute Gasteiger partial charge is 0.457 e. The van der Waals surface area contributed by atoms with Gasteiger partial charge in [-0.3, -0.25) is 4.79 Å². The molecule has 2 rings (SSSR count). The van der Waals surface area contributed by atoms with Gasteiger partial charge in [0.25, 0.3) is 0 Å². The van der Waals surface area contributed by atoms with Crippen molar-refractivity contribution in [3.63, 3.8) is 0 Å². The Balaban J connectivity index is 2.58. The number of carbonyl (C=O) groups excluding carboxylic acids is 1. The number of halogens is 3. The number of thioether (sulfide) groups is 1. The predicted molar refractivity (Wildman–Crippen MR) is 52.9 cm³/mol. The normalized spacial score (nSPS) is 17.1. The van der Waals surface area contributed by atoms with Crippen molar-refractivity contribution in [2.24, 2.45) is 0 Å². The Morgan fingerprint density at radius 3 is 2.80 bits per heavy atom. The van der Waals surface area contributed by atoms with E-state index in [1.807, 2.05) is 0 Å². The number of hydrogen-bond acceptors (Lipinski definition) is 3. The second-order valence-electron chi connectivity index (χ2n) is 3.00. The molecule has 1 heterocycles. The van der Waals surface area contributed by atoms with Crippen molar-refractivity contribution >= 4 is 29.1 Å². The summed E-state index contributed by atoms with van der Waals surface area (Å²) in [6.07, 6.45) is 0. The molecular weight excluding hydrogens is 246 g/mol. The average molecular weight is 251 g/mol. The van der Waals surface area contributed by atoms with Gasteiger partial charge < -0.3 is 4.74 Å². The molecule has 0 aromatic heterocycles. The number of ketones is 1. The van der Waals surface area contributed by atoms with Crippen LogP contribution in [0.2, 0.25) is 5.02 Å². The van der Waals surface area contributed by atoms with Crippen LogP contribution in [0.5, 0.6) is 5.75 Å². The molecule has 1 aliphatic rings. The SMILES string of the molecule is CC(=O)c1cc(Cl)cc2c1OC(F)(F)S2. The third-order valence-corrected chi connectivity index (χ3v) is 2.91. The summed E-state index contributed by atoms with van der Waals surface area (Å²) in [4.78, 5) is 11.4. The zero-order chi connectivity index (χ0) is 11.2. The van der Waals surface area contributed by atoms with Crippen LogP contribution in [0.4, 0.5) is 8.78 Å². The van der Waals surface area contributed by atoms with E-state index in [4.69, 9.17) is 11.6 Å². The Morgan fingerprint density at radius 1 is 1.53 bits per heavy atom. The zero-order valence-corrected chi connectivity index (χ0v) is 9.09. The van der Waals surface area contributed by atoms with Crippen LogP contribution in [0.3, 0.4) is 0 Å². The molecular formula is C9H5ClF2O2S. The summed E-state index contributed by atoms with van der Waals surface area (Å²) in [6.45, 7) is 1.27. The van der Waals surface area contributed by atoms with Crippen molar-refractivity contribution in [3.8, 4) is 5.75 Å². The Hall–Kier alpha value is -0.810. The lowest BCUT2D eigenvalue weighted by molar-refractivity contribution is -0.0824. The third-order valence-electron chi connectivity index (χ3n) is 1.85. The van der Waals surface area contributed by atoms with Crippen LogP contribution in [-0.2, 0) is 0 Å². The highest BCUT2D eigenvalue weighted by Crippen LogP contribution is 2.51. The fourth-order valence-corrected chi connectivity index (χ4v) is 2.37. The molecule has 0 saturated heterocycles. The van der Waals surface area contributed by atoms with E-state index in [-0.39, 0.29) is 38.8 Å². The standard InChI is InChI=1S/C9H5ClF2O2S/c1-4(13)6-2-5(10)3-7-8(6)14-9(11,12)15-7/h2-3H,1H3. The smallest absolute Gasteiger partial charge is 0.422 e. The molecule has 0 spiro atoms. The van der Waals surface area contributed by atoms with Crippen LogP contribution in [-0.4, -0.2) is 11.2 Å². The molecule has 0 saturated carbocycles. The second-order valence-corrected chi connectivity index (χ2v) is 4.56. The summed E-state index contributed by atoms with van der Waals surface area (Å²) in [5, 5.41) is 0.243. The highest BCUT2D eigenvalue weighted by molar-refractivity contribution is 8.00. The van der Waals surface area contributed by atoms with Crippen molar-refractivity contribution in [2.75, 3.05) is 0 Å². The van der Waals surface area contributed by atoms with Crippen LogP contribution >= 0.6 is 23.4 Å². The first-order valence-corrected chi connectivity index (χ1v) is 5.19. The summed E-state index contributed by atoms with van der Waals surface area (Å²) < 4.78 is 30.2. The van der Waals surface area contributed by atoms with E-state index in [0.717, 1.165) is 0 Å². The van der Waals surface area contributed by atoms with E-state index in [9.17, 15) is 13.6 Å². The van der Waals surface area contributed by atoms with Crippen LogP contribution in [0, 0.1) is 0 Å². The number of carbonyl (C=O) groups is 1. The van der Waals surface area contributed by atoms with Crippen molar-refractivity contribution in [1.29, 1.82) is 0 Å². The van der Waals surface area contributed by atoms with Gasteiger partial charge in [0.15, 0.2) is 11.5 Å². The van der Waals surface area contributed by atoms with E-state index in [2.05, 4.69) is 4.74 Å². The van der Waals surface area contributed by atoms with Gasteiger partial charge in [0.2, 0.25) is 0 Å². The molecule has 0 unspecified atom stereocenters. The first-order valence-electron chi connectivity index (χ1n) is 3.99. The topological polar surface area (TPSA) is 26.3 Å². The fraction of sp³-hybridized carbons (Fsp3) is 0.222. The number of ether oxygens (including phenoxy) is 1. The molecule has 0 bridgehead atoms. The molecule has 0 fully saturated rings. The number of Topliss-reactive ketones (excluding diaryl/α,β-unsaturated/α-hetero) is 1. The van der Waals surface area contributed by atoms with E-state index >= 15 is 0 Å². The van der Waals surface area contributed by atoms with Gasteiger partial charge >= 0.3 is 5.44 Å². The minimum atomic E-state index is -3.32. The maximum atomic E-state index is 12.9. The van der Waals surface area contributed by atoms with Crippen molar-refractivity contribution in [3.05, 3.63) is 22.7 Å².